The zero-order chi connectivity index (χ0) is 24.2. The van der Waals surface area contributed by atoms with Gasteiger partial charge in [-0.15, -0.1) is 0 Å². The van der Waals surface area contributed by atoms with Gasteiger partial charge in [-0.3, -0.25) is 4.55 Å². The highest BCUT2D eigenvalue weighted by Gasteiger charge is 2.41. The third-order valence-corrected chi connectivity index (χ3v) is 6.69. The van der Waals surface area contributed by atoms with E-state index < -0.39 is 10.4 Å². The summed E-state index contributed by atoms with van der Waals surface area (Å²) in [5.74, 6) is 2.59. The summed E-state index contributed by atoms with van der Waals surface area (Å²) in [6.45, 7) is 1.35. The molecule has 0 saturated heterocycles. The topological polar surface area (TPSA) is 101 Å². The van der Waals surface area contributed by atoms with E-state index in [-0.39, 0.29) is 12.6 Å². The number of hydrogen-bond acceptors (Lipinski definition) is 7. The molecule has 0 saturated carbocycles. The second kappa shape index (κ2) is 10.2. The van der Waals surface area contributed by atoms with Crippen LogP contribution in [0.1, 0.15) is 29.2 Å². The second-order valence-electron chi connectivity index (χ2n) is 8.20. The van der Waals surface area contributed by atoms with Crippen molar-refractivity contribution >= 4 is 10.4 Å². The Morgan fingerprint density at radius 2 is 1.55 bits per heavy atom. The van der Waals surface area contributed by atoms with E-state index in [0.29, 0.717) is 40.4 Å². The van der Waals surface area contributed by atoms with Crippen molar-refractivity contribution in [2.24, 2.45) is 0 Å². The highest BCUT2D eigenvalue weighted by atomic mass is 32.3. The summed E-state index contributed by atoms with van der Waals surface area (Å²) in [7, 11) is 4.10. The highest BCUT2D eigenvalue weighted by molar-refractivity contribution is 7.80. The molecule has 2 atom stereocenters. The summed E-state index contributed by atoms with van der Waals surface area (Å²) in [6.07, 6.45) is 1.26. The summed E-state index contributed by atoms with van der Waals surface area (Å²) in [5, 5.41) is 0. The molecule has 1 heterocycles. The lowest BCUT2D eigenvalue weighted by molar-refractivity contribution is -0.935. The van der Waals surface area contributed by atoms with Crippen LogP contribution in [0.4, 0.5) is 0 Å². The van der Waals surface area contributed by atoms with Gasteiger partial charge in [0.25, 0.3) is 0 Å². The zero-order valence-corrected chi connectivity index (χ0v) is 20.5. The van der Waals surface area contributed by atoms with Crippen molar-refractivity contribution in [3.8, 4) is 23.0 Å². The van der Waals surface area contributed by atoms with Crippen molar-refractivity contribution < 1.29 is 40.6 Å². The van der Waals surface area contributed by atoms with Crippen LogP contribution in [-0.4, -0.2) is 72.6 Å². The molecule has 0 amide bonds. The molecule has 2 aromatic rings. The highest BCUT2D eigenvalue weighted by Crippen LogP contribution is 2.45. The van der Waals surface area contributed by atoms with Crippen LogP contribution in [0.5, 0.6) is 23.0 Å². The van der Waals surface area contributed by atoms with Gasteiger partial charge in [-0.2, -0.15) is 8.42 Å². The van der Waals surface area contributed by atoms with Gasteiger partial charge < -0.3 is 23.4 Å². The Kier molecular flexibility index (Phi) is 7.73. The number of methoxy groups -OCH3 is 4. The number of likely N-dealkylation sites (N-methyl/N-ethyl adjacent to an activating group) is 1. The SMILES string of the molecule is COc1ccc([C@@H]2c3cc(OC)c(OC)cc3CC[N@@+]2(C)CCCOS(=O)(=O)O)cc1OC. The minimum absolute atomic E-state index is 0.0842. The molecule has 0 fully saturated rings. The Morgan fingerprint density at radius 3 is 2.15 bits per heavy atom. The van der Waals surface area contributed by atoms with Gasteiger partial charge in [0.15, 0.2) is 23.0 Å². The van der Waals surface area contributed by atoms with Crippen molar-refractivity contribution in [1.82, 2.24) is 0 Å². The molecule has 9 nitrogen and oxygen atoms in total. The smallest absolute Gasteiger partial charge is 0.397 e. The van der Waals surface area contributed by atoms with E-state index in [1.807, 2.05) is 30.3 Å². The molecule has 3 rings (SSSR count). The lowest BCUT2D eigenvalue weighted by atomic mass is 9.85. The van der Waals surface area contributed by atoms with E-state index in [1.54, 1.807) is 28.4 Å². The summed E-state index contributed by atoms with van der Waals surface area (Å²) in [5.41, 5.74) is 3.29. The molecule has 0 radical (unpaired) electrons. The van der Waals surface area contributed by atoms with Crippen molar-refractivity contribution in [2.75, 3.05) is 55.2 Å². The number of ether oxygens (including phenoxy) is 4. The summed E-state index contributed by atoms with van der Waals surface area (Å²) >= 11 is 0. The quantitative estimate of drug-likeness (QED) is 0.313. The van der Waals surface area contributed by atoms with E-state index in [0.717, 1.165) is 29.7 Å². The fraction of sp³-hybridized carbons (Fsp3) is 0.478. The Hall–Kier alpha value is -2.53. The van der Waals surface area contributed by atoms with Gasteiger partial charge in [-0.05, 0) is 35.9 Å². The molecule has 2 aromatic carbocycles. The fourth-order valence-corrected chi connectivity index (χ4v) is 4.97. The first-order valence-corrected chi connectivity index (χ1v) is 11.9. The van der Waals surface area contributed by atoms with Crippen molar-refractivity contribution in [2.45, 2.75) is 18.9 Å². The largest absolute Gasteiger partial charge is 0.493 e. The molecule has 0 aromatic heterocycles. The van der Waals surface area contributed by atoms with Gasteiger partial charge in [-0.25, -0.2) is 4.18 Å². The Morgan fingerprint density at radius 1 is 0.939 bits per heavy atom. The fourth-order valence-electron chi connectivity index (χ4n) is 4.64. The molecule has 0 spiro atoms. The van der Waals surface area contributed by atoms with Crippen LogP contribution < -0.4 is 18.9 Å². The van der Waals surface area contributed by atoms with Gasteiger partial charge in [0, 0.05) is 24.0 Å². The van der Waals surface area contributed by atoms with Gasteiger partial charge in [0.1, 0.15) is 6.04 Å². The van der Waals surface area contributed by atoms with Gasteiger partial charge >= 0.3 is 10.4 Å². The van der Waals surface area contributed by atoms with Crippen molar-refractivity contribution in [1.29, 1.82) is 0 Å². The first kappa shape index (κ1) is 25.1. The van der Waals surface area contributed by atoms with Crippen molar-refractivity contribution in [3.63, 3.8) is 0 Å². The third kappa shape index (κ3) is 5.52. The van der Waals surface area contributed by atoms with Crippen molar-refractivity contribution in [3.05, 3.63) is 47.0 Å². The average Bonchev–Trinajstić information content (AvgIpc) is 2.80. The predicted molar refractivity (Wildman–Crippen MR) is 123 cm³/mol. The van der Waals surface area contributed by atoms with Gasteiger partial charge in [-0.1, -0.05) is 0 Å². The van der Waals surface area contributed by atoms with Crippen LogP contribution in [0.15, 0.2) is 30.3 Å². The number of rotatable bonds is 10. The molecule has 1 N–H and O–H groups in total. The second-order valence-corrected chi connectivity index (χ2v) is 9.29. The van der Waals surface area contributed by atoms with Crippen LogP contribution in [0.25, 0.3) is 0 Å². The molecule has 0 unspecified atom stereocenters. The van der Waals surface area contributed by atoms with E-state index in [2.05, 4.69) is 11.2 Å². The molecular formula is C23H32NO8S+. The number of nitrogens with zero attached hydrogens (tertiary/aromatic N) is 1. The lowest BCUT2D eigenvalue weighted by Crippen LogP contribution is -2.52. The maximum atomic E-state index is 11.0. The van der Waals surface area contributed by atoms with Crippen LogP contribution in [0, 0.1) is 0 Å². The molecule has 1 aliphatic rings. The number of hydrogen-bond donors (Lipinski definition) is 1. The zero-order valence-electron chi connectivity index (χ0n) is 19.7. The Balaban J connectivity index is 2.07. The first-order valence-electron chi connectivity index (χ1n) is 10.6. The minimum Gasteiger partial charge on any atom is -0.493 e. The average molecular weight is 483 g/mol. The maximum Gasteiger partial charge on any atom is 0.397 e. The predicted octanol–water partition coefficient (Wildman–Crippen LogP) is 3.02. The van der Waals surface area contributed by atoms with Gasteiger partial charge in [0.05, 0.1) is 55.2 Å². The first-order chi connectivity index (χ1) is 15.7. The van der Waals surface area contributed by atoms with Crippen LogP contribution in [0.3, 0.4) is 0 Å². The van der Waals surface area contributed by atoms with Crippen LogP contribution in [0.2, 0.25) is 0 Å². The number of quaternary nitrogens is 1. The molecule has 0 bridgehead atoms. The standard InChI is InChI=1S/C23H31NO8S/c1-24(10-6-12-32-33(25,26)27)11-9-16-13-21(30-4)22(31-5)15-18(16)23(24)17-7-8-19(28-2)20(14-17)29-3/h7-8,13-15,23H,6,9-12H2,1-5H3/p+1/t23-,24-/m1/s1. The number of benzene rings is 2. The molecule has 10 heteroatoms. The van der Waals surface area contributed by atoms with E-state index in [1.165, 1.54) is 0 Å². The number of fused-ring (bicyclic) bond motifs is 1. The van der Waals surface area contributed by atoms with Crippen LogP contribution >= 0.6 is 0 Å². The molecule has 0 aliphatic carbocycles. The van der Waals surface area contributed by atoms with E-state index in [4.69, 9.17) is 23.5 Å². The molecular weight excluding hydrogens is 450 g/mol. The summed E-state index contributed by atoms with van der Waals surface area (Å²) in [6, 6.07) is 9.82. The lowest BCUT2D eigenvalue weighted by Gasteiger charge is -2.46. The minimum atomic E-state index is -4.46. The van der Waals surface area contributed by atoms with Crippen LogP contribution in [-0.2, 0) is 21.0 Å². The van der Waals surface area contributed by atoms with E-state index in [9.17, 15) is 8.42 Å². The molecule has 182 valence electrons. The summed E-state index contributed by atoms with van der Waals surface area (Å²) in [4.78, 5) is 0. The molecule has 1 aliphatic heterocycles. The monoisotopic (exact) mass is 482 g/mol. The third-order valence-electron chi connectivity index (χ3n) is 6.22. The maximum absolute atomic E-state index is 11.0. The molecule has 33 heavy (non-hydrogen) atoms. The Labute approximate surface area is 195 Å². The normalized spacial score (nSPS) is 20.1. The van der Waals surface area contributed by atoms with E-state index >= 15 is 0 Å². The summed E-state index contributed by atoms with van der Waals surface area (Å²) < 4.78 is 58.0. The Bertz CT molecular complexity index is 1090. The van der Waals surface area contributed by atoms with Gasteiger partial charge in [0.2, 0.25) is 0 Å².